The van der Waals surface area contributed by atoms with Crippen LogP contribution in [0.5, 0.6) is 0 Å². The van der Waals surface area contributed by atoms with Crippen molar-refractivity contribution in [2.75, 3.05) is 38.2 Å². The van der Waals surface area contributed by atoms with Gasteiger partial charge in [0.25, 0.3) is 5.91 Å². The summed E-state index contributed by atoms with van der Waals surface area (Å²) in [5, 5.41) is 9.04. The van der Waals surface area contributed by atoms with Crippen molar-refractivity contribution in [1.29, 1.82) is 0 Å². The predicted molar refractivity (Wildman–Crippen MR) is 106 cm³/mol. The summed E-state index contributed by atoms with van der Waals surface area (Å²) in [5.41, 5.74) is 4.35. The van der Waals surface area contributed by atoms with Crippen LogP contribution < -0.4 is 4.90 Å². The average Bonchev–Trinajstić information content (AvgIpc) is 2.68. The van der Waals surface area contributed by atoms with Gasteiger partial charge in [-0.1, -0.05) is 29.8 Å². The number of carbonyl (C=O) groups is 1. The zero-order valence-electron chi connectivity index (χ0n) is 15.7. The molecule has 4 nitrogen and oxygen atoms in total. The van der Waals surface area contributed by atoms with Gasteiger partial charge in [-0.15, -0.1) is 0 Å². The third-order valence-corrected chi connectivity index (χ3v) is 5.21. The zero-order chi connectivity index (χ0) is 18.5. The molecule has 0 aliphatic carbocycles. The topological polar surface area (TPSA) is 43.8 Å². The first kappa shape index (κ1) is 18.5. The largest absolute Gasteiger partial charge is 0.395 e. The number of hydrogen-bond donors (Lipinski definition) is 1. The Hall–Kier alpha value is -2.33. The van der Waals surface area contributed by atoms with Crippen LogP contribution in [0.25, 0.3) is 0 Å². The highest BCUT2D eigenvalue weighted by molar-refractivity contribution is 5.94. The first-order chi connectivity index (χ1) is 12.6. The molecule has 0 bridgehead atoms. The fourth-order valence-corrected chi connectivity index (χ4v) is 3.68. The van der Waals surface area contributed by atoms with Crippen molar-refractivity contribution in [3.63, 3.8) is 0 Å². The van der Waals surface area contributed by atoms with Crippen molar-refractivity contribution in [2.24, 2.45) is 0 Å². The molecule has 1 N–H and O–H groups in total. The van der Waals surface area contributed by atoms with Crippen LogP contribution in [0.1, 0.15) is 40.2 Å². The maximum atomic E-state index is 12.9. The van der Waals surface area contributed by atoms with E-state index in [9.17, 15) is 4.79 Å². The number of piperidine rings is 1. The Kier molecular flexibility index (Phi) is 5.94. The van der Waals surface area contributed by atoms with Gasteiger partial charge in [-0.05, 0) is 49.6 Å². The SMILES string of the molecule is Cc1cccc([C@H]2CCCN(C(=O)c3ccc(N(C)CCO)cc3)C2)c1. The zero-order valence-corrected chi connectivity index (χ0v) is 15.7. The molecular weight excluding hydrogens is 324 g/mol. The van der Waals surface area contributed by atoms with E-state index < -0.39 is 0 Å². The minimum atomic E-state index is 0.110. The van der Waals surface area contributed by atoms with Crippen molar-refractivity contribution < 1.29 is 9.90 Å². The summed E-state index contributed by atoms with van der Waals surface area (Å²) >= 11 is 0. The number of aryl methyl sites for hydroxylation is 1. The van der Waals surface area contributed by atoms with Gasteiger partial charge in [0, 0.05) is 43.9 Å². The molecule has 2 aromatic carbocycles. The number of carbonyl (C=O) groups excluding carboxylic acids is 1. The maximum Gasteiger partial charge on any atom is 0.253 e. The van der Waals surface area contributed by atoms with Crippen LogP contribution in [0.3, 0.4) is 0 Å². The van der Waals surface area contributed by atoms with Crippen molar-refractivity contribution in [3.05, 3.63) is 65.2 Å². The molecule has 2 aromatic rings. The van der Waals surface area contributed by atoms with Gasteiger partial charge in [-0.25, -0.2) is 0 Å². The summed E-state index contributed by atoms with van der Waals surface area (Å²) in [6.45, 7) is 4.43. The fraction of sp³-hybridized carbons (Fsp3) is 0.409. The highest BCUT2D eigenvalue weighted by Gasteiger charge is 2.25. The molecule has 26 heavy (non-hydrogen) atoms. The van der Waals surface area contributed by atoms with Gasteiger partial charge in [0.2, 0.25) is 0 Å². The Morgan fingerprint density at radius 3 is 2.69 bits per heavy atom. The first-order valence-electron chi connectivity index (χ1n) is 9.36. The molecule has 0 unspecified atom stereocenters. The third kappa shape index (κ3) is 4.25. The molecule has 4 heteroatoms. The van der Waals surface area contributed by atoms with Gasteiger partial charge in [0.05, 0.1) is 6.61 Å². The molecular formula is C22H28N2O2. The van der Waals surface area contributed by atoms with E-state index in [2.05, 4.69) is 31.2 Å². The average molecular weight is 352 g/mol. The molecule has 1 aliphatic heterocycles. The summed E-state index contributed by atoms with van der Waals surface area (Å²) in [7, 11) is 1.93. The van der Waals surface area contributed by atoms with E-state index in [-0.39, 0.29) is 12.5 Å². The number of hydrogen-bond acceptors (Lipinski definition) is 3. The molecule has 0 spiro atoms. The Labute approximate surface area is 156 Å². The summed E-state index contributed by atoms with van der Waals surface area (Å²) in [5.74, 6) is 0.529. The molecule has 0 radical (unpaired) electrons. The summed E-state index contributed by atoms with van der Waals surface area (Å²) < 4.78 is 0. The molecule has 1 heterocycles. The molecule has 0 saturated carbocycles. The highest BCUT2D eigenvalue weighted by atomic mass is 16.3. The van der Waals surface area contributed by atoms with Gasteiger partial charge >= 0.3 is 0 Å². The lowest BCUT2D eigenvalue weighted by atomic mass is 9.89. The number of aliphatic hydroxyl groups is 1. The van der Waals surface area contributed by atoms with Crippen molar-refractivity contribution >= 4 is 11.6 Å². The van der Waals surface area contributed by atoms with Crippen molar-refractivity contribution in [3.8, 4) is 0 Å². The summed E-state index contributed by atoms with van der Waals surface area (Å²) in [4.78, 5) is 16.9. The number of nitrogens with zero attached hydrogens (tertiary/aromatic N) is 2. The lowest BCUT2D eigenvalue weighted by Crippen LogP contribution is -2.39. The minimum Gasteiger partial charge on any atom is -0.395 e. The van der Waals surface area contributed by atoms with Gasteiger partial charge in [0.1, 0.15) is 0 Å². The molecule has 0 aromatic heterocycles. The Morgan fingerprint density at radius 1 is 1.23 bits per heavy atom. The quantitative estimate of drug-likeness (QED) is 0.896. The van der Waals surface area contributed by atoms with Gasteiger partial charge in [0.15, 0.2) is 0 Å². The molecule has 3 rings (SSSR count). The summed E-state index contributed by atoms with van der Waals surface area (Å²) in [6.07, 6.45) is 2.18. The van der Waals surface area contributed by atoms with Crippen LogP contribution in [0.2, 0.25) is 0 Å². The first-order valence-corrected chi connectivity index (χ1v) is 9.36. The van der Waals surface area contributed by atoms with E-state index in [4.69, 9.17) is 5.11 Å². The van der Waals surface area contributed by atoms with Gasteiger partial charge in [-0.3, -0.25) is 4.79 Å². The number of likely N-dealkylation sites (N-methyl/N-ethyl adjacent to an activating group) is 1. The van der Waals surface area contributed by atoms with Crippen LogP contribution in [-0.4, -0.2) is 49.2 Å². The molecule has 1 atom stereocenters. The van der Waals surface area contributed by atoms with E-state index >= 15 is 0 Å². The van der Waals surface area contributed by atoms with Crippen LogP contribution in [0.4, 0.5) is 5.69 Å². The van der Waals surface area contributed by atoms with Crippen molar-refractivity contribution in [2.45, 2.75) is 25.7 Å². The van der Waals surface area contributed by atoms with Gasteiger partial charge in [-0.2, -0.15) is 0 Å². The monoisotopic (exact) mass is 352 g/mol. The van der Waals surface area contributed by atoms with Gasteiger partial charge < -0.3 is 14.9 Å². The lowest BCUT2D eigenvalue weighted by molar-refractivity contribution is 0.0707. The fourth-order valence-electron chi connectivity index (χ4n) is 3.68. The molecule has 1 fully saturated rings. The Bertz CT molecular complexity index is 742. The standard InChI is InChI=1S/C22H28N2O2/c1-17-5-3-6-19(15-17)20-7-4-12-24(16-20)22(26)18-8-10-21(11-9-18)23(2)13-14-25/h3,5-6,8-11,15,20,25H,4,7,12-14,16H2,1-2H3/t20-/m0/s1. The number of anilines is 1. The Morgan fingerprint density at radius 2 is 2.00 bits per heavy atom. The smallest absolute Gasteiger partial charge is 0.253 e. The second-order valence-electron chi connectivity index (χ2n) is 7.20. The van der Waals surface area contributed by atoms with Crippen LogP contribution >= 0.6 is 0 Å². The van der Waals surface area contributed by atoms with E-state index in [0.29, 0.717) is 12.5 Å². The number of likely N-dealkylation sites (tertiary alicyclic amines) is 1. The van der Waals surface area contributed by atoms with E-state index in [1.165, 1.54) is 11.1 Å². The molecule has 1 saturated heterocycles. The van der Waals surface area contributed by atoms with Crippen LogP contribution in [0, 0.1) is 6.92 Å². The number of benzene rings is 2. The molecule has 138 valence electrons. The minimum absolute atomic E-state index is 0.110. The van der Waals surface area contributed by atoms with E-state index in [1.807, 2.05) is 41.1 Å². The van der Waals surface area contributed by atoms with Crippen LogP contribution in [-0.2, 0) is 0 Å². The highest BCUT2D eigenvalue weighted by Crippen LogP contribution is 2.28. The second kappa shape index (κ2) is 8.37. The third-order valence-electron chi connectivity index (χ3n) is 5.21. The normalized spacial score (nSPS) is 17.2. The lowest BCUT2D eigenvalue weighted by Gasteiger charge is -2.33. The second-order valence-corrected chi connectivity index (χ2v) is 7.20. The summed E-state index contributed by atoms with van der Waals surface area (Å²) in [6, 6.07) is 16.3. The molecule has 1 amide bonds. The number of amides is 1. The molecule has 1 aliphatic rings. The van der Waals surface area contributed by atoms with E-state index in [0.717, 1.165) is 37.2 Å². The maximum absolute atomic E-state index is 12.9. The van der Waals surface area contributed by atoms with Crippen LogP contribution in [0.15, 0.2) is 48.5 Å². The van der Waals surface area contributed by atoms with E-state index in [1.54, 1.807) is 0 Å². The number of aliphatic hydroxyl groups excluding tert-OH is 1. The predicted octanol–water partition coefficient (Wildman–Crippen LogP) is 3.44. The Balaban J connectivity index is 1.69. The van der Waals surface area contributed by atoms with Crippen molar-refractivity contribution in [1.82, 2.24) is 4.90 Å². The number of rotatable bonds is 5.